The molecule has 0 aliphatic rings. The average molecular weight is 415 g/mol. The third-order valence-electron chi connectivity index (χ3n) is 2.71. The van der Waals surface area contributed by atoms with Gasteiger partial charge in [-0.2, -0.15) is 13.2 Å². The first-order chi connectivity index (χ1) is 9.51. The molecule has 0 saturated carbocycles. The maximum Gasteiger partial charge on any atom is 0.389 e. The Morgan fingerprint density at radius 3 is 2.33 bits per heavy atom. The summed E-state index contributed by atoms with van der Waals surface area (Å²) in [5.74, 6) is 0.598. The van der Waals surface area contributed by atoms with E-state index < -0.39 is 12.6 Å². The van der Waals surface area contributed by atoms with Gasteiger partial charge in [0.05, 0.1) is 0 Å². The number of aliphatic imine (C=N–C) groups is 1. The lowest BCUT2D eigenvalue weighted by atomic mass is 10.2. The van der Waals surface area contributed by atoms with Crippen LogP contribution in [0.1, 0.15) is 24.8 Å². The summed E-state index contributed by atoms with van der Waals surface area (Å²) in [6, 6.07) is 9.82. The van der Waals surface area contributed by atoms with Gasteiger partial charge in [-0.1, -0.05) is 30.3 Å². The summed E-state index contributed by atoms with van der Waals surface area (Å²) >= 11 is 0. The lowest BCUT2D eigenvalue weighted by Crippen LogP contribution is -2.37. The Kier molecular flexibility index (Phi) is 10.2. The Hall–Kier alpha value is -0.990. The van der Waals surface area contributed by atoms with Crippen molar-refractivity contribution in [2.75, 3.05) is 13.6 Å². The molecule has 1 aromatic carbocycles. The smallest absolute Gasteiger partial charge is 0.356 e. The van der Waals surface area contributed by atoms with Gasteiger partial charge in [0.15, 0.2) is 5.96 Å². The van der Waals surface area contributed by atoms with Crippen LogP contribution < -0.4 is 10.6 Å². The van der Waals surface area contributed by atoms with Crippen molar-refractivity contribution in [3.05, 3.63) is 35.9 Å². The van der Waals surface area contributed by atoms with Crippen molar-refractivity contribution in [3.8, 4) is 0 Å². The van der Waals surface area contributed by atoms with Crippen LogP contribution in [-0.4, -0.2) is 25.7 Å². The third kappa shape index (κ3) is 10.4. The highest BCUT2D eigenvalue weighted by atomic mass is 127. The fourth-order valence-electron chi connectivity index (χ4n) is 1.66. The van der Waals surface area contributed by atoms with Gasteiger partial charge in [0.2, 0.25) is 0 Å². The van der Waals surface area contributed by atoms with Crippen LogP contribution >= 0.6 is 24.0 Å². The van der Waals surface area contributed by atoms with Gasteiger partial charge < -0.3 is 10.6 Å². The van der Waals surface area contributed by atoms with Crippen LogP contribution in [-0.2, 0) is 6.54 Å². The Balaban J connectivity index is 0.00000400. The Labute approximate surface area is 140 Å². The summed E-state index contributed by atoms with van der Waals surface area (Å²) in [6.07, 6.45) is -4.20. The molecule has 0 aromatic heterocycles. The molecule has 0 fully saturated rings. The minimum Gasteiger partial charge on any atom is -0.356 e. The van der Waals surface area contributed by atoms with Crippen molar-refractivity contribution >= 4 is 29.9 Å². The second kappa shape index (κ2) is 10.7. The minimum atomic E-state index is -4.06. The van der Waals surface area contributed by atoms with E-state index in [2.05, 4.69) is 15.6 Å². The quantitative estimate of drug-likeness (QED) is 0.322. The van der Waals surface area contributed by atoms with Crippen molar-refractivity contribution in [1.29, 1.82) is 0 Å². The fraction of sp³-hybridized carbons (Fsp3) is 0.500. The molecule has 2 N–H and O–H groups in total. The summed E-state index contributed by atoms with van der Waals surface area (Å²) in [5, 5.41) is 6.11. The number of alkyl halides is 3. The van der Waals surface area contributed by atoms with E-state index in [1.165, 1.54) is 0 Å². The highest BCUT2D eigenvalue weighted by molar-refractivity contribution is 14.0. The van der Waals surface area contributed by atoms with Gasteiger partial charge in [-0.05, 0) is 18.4 Å². The Bertz CT molecular complexity index is 408. The maximum absolute atomic E-state index is 12.0. The van der Waals surface area contributed by atoms with Crippen LogP contribution in [0.2, 0.25) is 0 Å². The third-order valence-corrected chi connectivity index (χ3v) is 2.71. The molecule has 0 unspecified atom stereocenters. The zero-order valence-corrected chi connectivity index (χ0v) is 14.2. The zero-order valence-electron chi connectivity index (χ0n) is 11.9. The lowest BCUT2D eigenvalue weighted by molar-refractivity contribution is -0.135. The Morgan fingerprint density at radius 1 is 1.10 bits per heavy atom. The van der Waals surface area contributed by atoms with E-state index in [0.717, 1.165) is 5.56 Å². The molecule has 0 aliphatic carbocycles. The summed E-state index contributed by atoms with van der Waals surface area (Å²) < 4.78 is 35.9. The molecule has 0 spiro atoms. The first-order valence-corrected chi connectivity index (χ1v) is 6.56. The number of hydrogen-bond acceptors (Lipinski definition) is 1. The number of nitrogens with one attached hydrogen (secondary N) is 2. The van der Waals surface area contributed by atoms with Crippen molar-refractivity contribution in [2.45, 2.75) is 32.0 Å². The largest absolute Gasteiger partial charge is 0.389 e. The number of guanidine groups is 1. The molecular formula is C14H21F3IN3. The number of unbranched alkanes of at least 4 members (excludes halogenated alkanes) is 1. The van der Waals surface area contributed by atoms with E-state index in [-0.39, 0.29) is 30.4 Å². The van der Waals surface area contributed by atoms with Crippen molar-refractivity contribution in [1.82, 2.24) is 10.6 Å². The molecule has 3 nitrogen and oxygen atoms in total. The van der Waals surface area contributed by atoms with Gasteiger partial charge in [-0.15, -0.1) is 24.0 Å². The molecule has 21 heavy (non-hydrogen) atoms. The normalized spacial score (nSPS) is 11.7. The van der Waals surface area contributed by atoms with Crippen LogP contribution in [0.3, 0.4) is 0 Å². The number of nitrogens with zero attached hydrogens (tertiary/aromatic N) is 1. The monoisotopic (exact) mass is 415 g/mol. The predicted octanol–water partition coefficient (Wildman–Crippen LogP) is 3.70. The molecule has 0 radical (unpaired) electrons. The highest BCUT2D eigenvalue weighted by Crippen LogP contribution is 2.21. The van der Waals surface area contributed by atoms with Gasteiger partial charge >= 0.3 is 6.18 Å². The van der Waals surface area contributed by atoms with Crippen LogP contribution in [0.15, 0.2) is 35.3 Å². The predicted molar refractivity (Wildman–Crippen MR) is 90.0 cm³/mol. The summed E-state index contributed by atoms with van der Waals surface area (Å²) in [5.41, 5.74) is 1.12. The molecule has 1 rings (SSSR count). The molecule has 0 bridgehead atoms. The van der Waals surface area contributed by atoms with Crippen LogP contribution in [0.5, 0.6) is 0 Å². The second-order valence-electron chi connectivity index (χ2n) is 4.41. The molecule has 0 aliphatic heterocycles. The molecule has 0 amide bonds. The standard InChI is InChI=1S/C14H20F3N3.HI/c1-18-13(19-10-6-5-9-14(15,16)17)20-11-12-7-3-2-4-8-12;/h2-4,7-8H,5-6,9-11H2,1H3,(H2,18,19,20);1H. The van der Waals surface area contributed by atoms with Crippen molar-refractivity contribution < 1.29 is 13.2 Å². The number of hydrogen-bond donors (Lipinski definition) is 2. The topological polar surface area (TPSA) is 36.4 Å². The van der Waals surface area contributed by atoms with Crippen LogP contribution in [0.4, 0.5) is 13.2 Å². The zero-order chi connectivity index (χ0) is 14.8. The highest BCUT2D eigenvalue weighted by Gasteiger charge is 2.25. The molecule has 0 saturated heterocycles. The van der Waals surface area contributed by atoms with E-state index in [0.29, 0.717) is 25.5 Å². The SMILES string of the molecule is CN=C(NCCCCC(F)(F)F)NCc1ccccc1.I. The van der Waals surface area contributed by atoms with E-state index in [1.54, 1.807) is 7.05 Å². The molecule has 7 heteroatoms. The Morgan fingerprint density at radius 2 is 1.76 bits per heavy atom. The fourth-order valence-corrected chi connectivity index (χ4v) is 1.66. The minimum absolute atomic E-state index is 0. The summed E-state index contributed by atoms with van der Waals surface area (Å²) in [7, 11) is 1.63. The van der Waals surface area contributed by atoms with E-state index >= 15 is 0 Å². The molecule has 0 atom stereocenters. The van der Waals surface area contributed by atoms with E-state index in [9.17, 15) is 13.2 Å². The number of halogens is 4. The maximum atomic E-state index is 12.0. The average Bonchev–Trinajstić information content (AvgIpc) is 2.42. The van der Waals surface area contributed by atoms with Gasteiger partial charge in [0, 0.05) is 26.6 Å². The molecular weight excluding hydrogens is 394 g/mol. The lowest BCUT2D eigenvalue weighted by Gasteiger charge is -2.12. The van der Waals surface area contributed by atoms with Crippen molar-refractivity contribution in [3.63, 3.8) is 0 Å². The summed E-state index contributed by atoms with van der Waals surface area (Å²) in [4.78, 5) is 4.02. The van der Waals surface area contributed by atoms with Crippen LogP contribution in [0, 0.1) is 0 Å². The first kappa shape index (κ1) is 20.0. The summed E-state index contributed by atoms with van der Waals surface area (Å²) in [6.45, 7) is 1.10. The van der Waals surface area contributed by atoms with Gasteiger partial charge in [0.25, 0.3) is 0 Å². The second-order valence-corrected chi connectivity index (χ2v) is 4.41. The molecule has 120 valence electrons. The van der Waals surface area contributed by atoms with E-state index in [1.807, 2.05) is 30.3 Å². The molecule has 0 heterocycles. The van der Waals surface area contributed by atoms with Crippen molar-refractivity contribution in [2.24, 2.45) is 4.99 Å². The van der Waals surface area contributed by atoms with Crippen LogP contribution in [0.25, 0.3) is 0 Å². The van der Waals surface area contributed by atoms with Gasteiger partial charge in [-0.25, -0.2) is 0 Å². The number of rotatable bonds is 6. The van der Waals surface area contributed by atoms with Gasteiger partial charge in [-0.3, -0.25) is 4.99 Å². The number of benzene rings is 1. The van der Waals surface area contributed by atoms with E-state index in [4.69, 9.17) is 0 Å². The molecule has 1 aromatic rings. The first-order valence-electron chi connectivity index (χ1n) is 6.56. The van der Waals surface area contributed by atoms with Gasteiger partial charge in [0.1, 0.15) is 0 Å².